The van der Waals surface area contributed by atoms with Crippen LogP contribution >= 0.6 is 23.2 Å². The molecule has 0 saturated carbocycles. The number of anilines is 2. The van der Waals surface area contributed by atoms with E-state index >= 15 is 0 Å². The molecule has 0 saturated heterocycles. The molecule has 8 nitrogen and oxygen atoms in total. The highest BCUT2D eigenvalue weighted by Gasteiger charge is 2.19. The molecule has 0 unspecified atom stereocenters. The molecule has 0 atom stereocenters. The average Bonchev–Trinajstić information content (AvgIpc) is 3.04. The fraction of sp³-hybridized carbons (Fsp3) is 0.158. The number of carbonyl (C=O) groups excluding carboxylic acids is 2. The number of hydrogen-bond acceptors (Lipinski definition) is 5. The van der Waals surface area contributed by atoms with Crippen LogP contribution in [0.15, 0.2) is 42.5 Å². The molecular formula is C19H18Cl2N6O2. The van der Waals surface area contributed by atoms with E-state index < -0.39 is 5.91 Å². The number of aryl methyl sites for hydroxylation is 1. The molecule has 0 fully saturated rings. The van der Waals surface area contributed by atoms with Gasteiger partial charge in [-0.15, -0.1) is 5.10 Å². The van der Waals surface area contributed by atoms with Crippen LogP contribution < -0.4 is 16.4 Å². The molecule has 0 aliphatic carbocycles. The normalized spacial score (nSPS) is 10.6. The maximum atomic E-state index is 12.3. The summed E-state index contributed by atoms with van der Waals surface area (Å²) < 4.78 is 1.16. The highest BCUT2D eigenvalue weighted by molar-refractivity contribution is 6.31. The highest BCUT2D eigenvalue weighted by atomic mass is 35.5. The number of nitrogens with two attached hydrogens (primary N) is 1. The van der Waals surface area contributed by atoms with Gasteiger partial charge in [-0.1, -0.05) is 46.6 Å². The molecule has 1 heterocycles. The second-order valence-electron chi connectivity index (χ2n) is 6.30. The fourth-order valence-corrected chi connectivity index (χ4v) is 2.78. The number of nitrogens with zero attached hydrogens (tertiary/aromatic N) is 3. The predicted molar refractivity (Wildman–Crippen MR) is 112 cm³/mol. The molecule has 10 heteroatoms. The Morgan fingerprint density at radius 3 is 2.55 bits per heavy atom. The predicted octanol–water partition coefficient (Wildman–Crippen LogP) is 3.04. The van der Waals surface area contributed by atoms with Gasteiger partial charge in [0.05, 0.1) is 0 Å². The Morgan fingerprint density at radius 2 is 1.86 bits per heavy atom. The molecule has 150 valence electrons. The fourth-order valence-electron chi connectivity index (χ4n) is 2.47. The van der Waals surface area contributed by atoms with Crippen molar-refractivity contribution >= 4 is 46.5 Å². The minimum atomic E-state index is -0.491. The first-order valence-electron chi connectivity index (χ1n) is 8.61. The Kier molecular flexibility index (Phi) is 6.36. The largest absolute Gasteiger partial charge is 0.382 e. The first kappa shape index (κ1) is 20.6. The maximum Gasteiger partial charge on any atom is 0.275 e. The van der Waals surface area contributed by atoms with Gasteiger partial charge in [-0.25, -0.2) is 4.68 Å². The van der Waals surface area contributed by atoms with Crippen LogP contribution in [0.25, 0.3) is 0 Å². The standard InChI is InChI=1S/C19H18Cl2N6O2/c1-11-2-7-14(8-15(11)21)24-16(28)10-27-18(22)17(25-26-27)19(29)23-9-12-3-5-13(20)6-4-12/h2-8H,9-10,22H2,1H3,(H,23,29)(H,24,28). The maximum absolute atomic E-state index is 12.3. The molecular weight excluding hydrogens is 415 g/mol. The Balaban J connectivity index is 1.60. The van der Waals surface area contributed by atoms with E-state index in [0.717, 1.165) is 15.8 Å². The van der Waals surface area contributed by atoms with Crippen LogP contribution in [-0.2, 0) is 17.9 Å². The van der Waals surface area contributed by atoms with E-state index in [1.165, 1.54) is 0 Å². The number of benzene rings is 2. The minimum Gasteiger partial charge on any atom is -0.382 e. The summed E-state index contributed by atoms with van der Waals surface area (Å²) >= 11 is 11.9. The van der Waals surface area contributed by atoms with E-state index in [0.29, 0.717) is 15.7 Å². The van der Waals surface area contributed by atoms with Crippen molar-refractivity contribution in [3.63, 3.8) is 0 Å². The van der Waals surface area contributed by atoms with Crippen molar-refractivity contribution in [3.8, 4) is 0 Å². The summed E-state index contributed by atoms with van der Waals surface area (Å²) in [5, 5.41) is 14.1. The molecule has 0 spiro atoms. The zero-order valence-corrected chi connectivity index (χ0v) is 17.0. The molecule has 0 bridgehead atoms. The third kappa shape index (κ3) is 5.24. The molecule has 0 aliphatic heterocycles. The summed E-state index contributed by atoms with van der Waals surface area (Å²) in [6.07, 6.45) is 0. The van der Waals surface area contributed by atoms with Gasteiger partial charge in [0, 0.05) is 22.3 Å². The number of nitrogens with one attached hydrogen (secondary N) is 2. The highest BCUT2D eigenvalue weighted by Crippen LogP contribution is 2.20. The van der Waals surface area contributed by atoms with Crippen molar-refractivity contribution in [1.29, 1.82) is 0 Å². The number of hydrogen-bond donors (Lipinski definition) is 3. The van der Waals surface area contributed by atoms with Gasteiger partial charge in [-0.2, -0.15) is 0 Å². The number of halogens is 2. The van der Waals surface area contributed by atoms with Crippen molar-refractivity contribution in [3.05, 3.63) is 69.3 Å². The van der Waals surface area contributed by atoms with Crippen molar-refractivity contribution < 1.29 is 9.59 Å². The lowest BCUT2D eigenvalue weighted by Crippen LogP contribution is -2.25. The first-order chi connectivity index (χ1) is 13.8. The lowest BCUT2D eigenvalue weighted by molar-refractivity contribution is -0.116. The van der Waals surface area contributed by atoms with Crippen LogP contribution in [0, 0.1) is 6.92 Å². The van der Waals surface area contributed by atoms with Crippen LogP contribution in [0.3, 0.4) is 0 Å². The van der Waals surface area contributed by atoms with Crippen LogP contribution in [0.1, 0.15) is 21.6 Å². The zero-order valence-electron chi connectivity index (χ0n) is 15.4. The Labute approximate surface area is 177 Å². The monoisotopic (exact) mass is 432 g/mol. The molecule has 3 rings (SSSR count). The van der Waals surface area contributed by atoms with Gasteiger partial charge in [0.25, 0.3) is 5.91 Å². The number of rotatable bonds is 6. The second kappa shape index (κ2) is 8.93. The van der Waals surface area contributed by atoms with E-state index in [9.17, 15) is 9.59 Å². The lowest BCUT2D eigenvalue weighted by atomic mass is 10.2. The summed E-state index contributed by atoms with van der Waals surface area (Å²) in [6, 6.07) is 12.2. The number of carbonyl (C=O) groups is 2. The van der Waals surface area contributed by atoms with E-state index in [-0.39, 0.29) is 30.5 Å². The topological polar surface area (TPSA) is 115 Å². The molecule has 2 aromatic carbocycles. The van der Waals surface area contributed by atoms with Crippen LogP contribution in [0.2, 0.25) is 10.0 Å². The average molecular weight is 433 g/mol. The summed E-state index contributed by atoms with van der Waals surface area (Å²) in [5.74, 6) is -0.875. The Morgan fingerprint density at radius 1 is 1.14 bits per heavy atom. The second-order valence-corrected chi connectivity index (χ2v) is 7.15. The van der Waals surface area contributed by atoms with Crippen molar-refractivity contribution in [2.24, 2.45) is 0 Å². The smallest absolute Gasteiger partial charge is 0.275 e. The number of nitrogen functional groups attached to an aromatic ring is 1. The van der Waals surface area contributed by atoms with Crippen molar-refractivity contribution in [2.45, 2.75) is 20.0 Å². The lowest BCUT2D eigenvalue weighted by Gasteiger charge is -2.08. The van der Waals surface area contributed by atoms with E-state index in [4.69, 9.17) is 28.9 Å². The molecule has 0 aliphatic rings. The third-order valence-corrected chi connectivity index (χ3v) is 4.76. The number of aromatic nitrogens is 3. The summed E-state index contributed by atoms with van der Waals surface area (Å²) in [4.78, 5) is 24.6. The van der Waals surface area contributed by atoms with Crippen LogP contribution in [-0.4, -0.2) is 26.8 Å². The first-order valence-corrected chi connectivity index (χ1v) is 9.36. The van der Waals surface area contributed by atoms with Crippen LogP contribution in [0.4, 0.5) is 11.5 Å². The third-order valence-electron chi connectivity index (χ3n) is 4.10. The van der Waals surface area contributed by atoms with Gasteiger partial charge < -0.3 is 16.4 Å². The van der Waals surface area contributed by atoms with Gasteiger partial charge in [-0.3, -0.25) is 9.59 Å². The van der Waals surface area contributed by atoms with Gasteiger partial charge in [-0.05, 0) is 42.3 Å². The van der Waals surface area contributed by atoms with Gasteiger partial charge in [0.15, 0.2) is 11.5 Å². The SMILES string of the molecule is Cc1ccc(NC(=O)Cn2nnc(C(=O)NCc3ccc(Cl)cc3)c2N)cc1Cl. The Bertz CT molecular complexity index is 1050. The number of amides is 2. The van der Waals surface area contributed by atoms with Gasteiger partial charge in [0.1, 0.15) is 6.54 Å². The minimum absolute atomic E-state index is 0.00399. The Hall–Kier alpha value is -3.10. The van der Waals surface area contributed by atoms with Crippen molar-refractivity contribution in [1.82, 2.24) is 20.3 Å². The zero-order chi connectivity index (χ0) is 21.0. The van der Waals surface area contributed by atoms with Gasteiger partial charge >= 0.3 is 0 Å². The molecule has 4 N–H and O–H groups in total. The molecule has 1 aromatic heterocycles. The summed E-state index contributed by atoms with van der Waals surface area (Å²) in [7, 11) is 0. The summed E-state index contributed by atoms with van der Waals surface area (Å²) in [5.41, 5.74) is 8.20. The quantitative estimate of drug-likeness (QED) is 0.553. The van der Waals surface area contributed by atoms with Crippen molar-refractivity contribution in [2.75, 3.05) is 11.1 Å². The van der Waals surface area contributed by atoms with E-state index in [1.807, 2.05) is 6.92 Å². The van der Waals surface area contributed by atoms with Gasteiger partial charge in [0.2, 0.25) is 5.91 Å². The molecule has 0 radical (unpaired) electrons. The molecule has 2 amide bonds. The van der Waals surface area contributed by atoms with Crippen LogP contribution in [0.5, 0.6) is 0 Å². The van der Waals surface area contributed by atoms with E-state index in [2.05, 4.69) is 20.9 Å². The molecule has 29 heavy (non-hydrogen) atoms. The molecule has 3 aromatic rings. The summed E-state index contributed by atoms with van der Waals surface area (Å²) in [6.45, 7) is 1.94. The van der Waals surface area contributed by atoms with E-state index in [1.54, 1.807) is 42.5 Å².